The number of aliphatic hydroxyl groups is 2. The molecule has 2 unspecified atom stereocenters. The predicted octanol–water partition coefficient (Wildman–Crippen LogP) is 1.13. The van der Waals surface area contributed by atoms with Crippen LogP contribution in [0.5, 0.6) is 0 Å². The zero-order chi connectivity index (χ0) is 13.1. The van der Waals surface area contributed by atoms with Gasteiger partial charge in [-0.25, -0.2) is 4.79 Å². The third-order valence-electron chi connectivity index (χ3n) is 2.75. The van der Waals surface area contributed by atoms with Crippen molar-refractivity contribution in [3.8, 4) is 0 Å². The minimum Gasteiger partial charge on any atom is -0.464 e. The first-order chi connectivity index (χ1) is 8.63. The molecule has 18 heavy (non-hydrogen) atoms. The van der Waals surface area contributed by atoms with Gasteiger partial charge in [-0.05, 0) is 30.0 Å². The standard InChI is InChI=1S/C13H15NO4/c1-2-18-13(17)12(16)11(15)9-4-3-8-5-6-14-10(8)7-9/h3-7,11-12,14-16H,2H2,1H3. The zero-order valence-electron chi connectivity index (χ0n) is 9.96. The lowest BCUT2D eigenvalue weighted by molar-refractivity contribution is -0.159. The molecule has 0 aliphatic rings. The van der Waals surface area contributed by atoms with Crippen molar-refractivity contribution in [2.24, 2.45) is 0 Å². The monoisotopic (exact) mass is 249 g/mol. The first-order valence-electron chi connectivity index (χ1n) is 5.73. The summed E-state index contributed by atoms with van der Waals surface area (Å²) < 4.78 is 4.66. The van der Waals surface area contributed by atoms with Crippen LogP contribution in [-0.2, 0) is 9.53 Å². The molecule has 0 aliphatic carbocycles. The third-order valence-corrected chi connectivity index (χ3v) is 2.75. The highest BCUT2D eigenvalue weighted by Gasteiger charge is 2.26. The van der Waals surface area contributed by atoms with Crippen LogP contribution in [0, 0.1) is 0 Å². The lowest BCUT2D eigenvalue weighted by Gasteiger charge is -2.16. The average molecular weight is 249 g/mol. The number of aliphatic hydroxyl groups excluding tert-OH is 2. The average Bonchev–Trinajstić information content (AvgIpc) is 2.84. The Labute approximate surface area is 104 Å². The molecule has 0 fully saturated rings. The summed E-state index contributed by atoms with van der Waals surface area (Å²) in [6, 6.07) is 7.07. The number of fused-ring (bicyclic) bond motifs is 1. The van der Waals surface area contributed by atoms with Gasteiger partial charge in [-0.2, -0.15) is 0 Å². The number of H-pyrrole nitrogens is 1. The minimum absolute atomic E-state index is 0.165. The van der Waals surface area contributed by atoms with Crippen molar-refractivity contribution < 1.29 is 19.7 Å². The van der Waals surface area contributed by atoms with Crippen molar-refractivity contribution in [1.82, 2.24) is 4.98 Å². The molecule has 0 amide bonds. The maximum atomic E-state index is 11.3. The molecule has 0 aliphatic heterocycles. The van der Waals surface area contributed by atoms with Gasteiger partial charge in [-0.1, -0.05) is 12.1 Å². The van der Waals surface area contributed by atoms with E-state index in [4.69, 9.17) is 0 Å². The fourth-order valence-electron chi connectivity index (χ4n) is 1.79. The third kappa shape index (κ3) is 2.37. The number of benzene rings is 1. The van der Waals surface area contributed by atoms with E-state index in [1.54, 1.807) is 25.3 Å². The Hall–Kier alpha value is -1.85. The first-order valence-corrected chi connectivity index (χ1v) is 5.73. The molecule has 0 saturated heterocycles. The summed E-state index contributed by atoms with van der Waals surface area (Å²) in [5, 5.41) is 20.6. The van der Waals surface area contributed by atoms with E-state index in [1.807, 2.05) is 12.1 Å². The summed E-state index contributed by atoms with van der Waals surface area (Å²) in [6.45, 7) is 1.81. The molecule has 3 N–H and O–H groups in total. The van der Waals surface area contributed by atoms with Crippen molar-refractivity contribution >= 4 is 16.9 Å². The van der Waals surface area contributed by atoms with Crippen LogP contribution in [0.15, 0.2) is 30.5 Å². The van der Waals surface area contributed by atoms with Gasteiger partial charge in [0.25, 0.3) is 0 Å². The van der Waals surface area contributed by atoms with Gasteiger partial charge in [-0.15, -0.1) is 0 Å². The number of aromatic amines is 1. The van der Waals surface area contributed by atoms with E-state index in [9.17, 15) is 15.0 Å². The number of hydrogen-bond acceptors (Lipinski definition) is 4. The number of carbonyl (C=O) groups excluding carboxylic acids is 1. The maximum absolute atomic E-state index is 11.3. The van der Waals surface area contributed by atoms with Crippen LogP contribution in [-0.4, -0.2) is 33.9 Å². The number of hydrogen-bond donors (Lipinski definition) is 3. The van der Waals surface area contributed by atoms with Crippen LogP contribution >= 0.6 is 0 Å². The van der Waals surface area contributed by atoms with Crippen LogP contribution < -0.4 is 0 Å². The number of rotatable bonds is 4. The SMILES string of the molecule is CCOC(=O)C(O)C(O)c1ccc2cc[nH]c2c1. The maximum Gasteiger partial charge on any atom is 0.338 e. The summed E-state index contributed by atoms with van der Waals surface area (Å²) in [6.07, 6.45) is -1.09. The van der Waals surface area contributed by atoms with E-state index in [2.05, 4.69) is 9.72 Å². The molecular formula is C13H15NO4. The molecule has 5 nitrogen and oxygen atoms in total. The van der Waals surface area contributed by atoms with Crippen molar-refractivity contribution in [1.29, 1.82) is 0 Å². The second kappa shape index (κ2) is 5.20. The van der Waals surface area contributed by atoms with E-state index in [0.29, 0.717) is 5.56 Å². The van der Waals surface area contributed by atoms with Crippen LogP contribution in [0.1, 0.15) is 18.6 Å². The Morgan fingerprint density at radius 1 is 1.39 bits per heavy atom. The van der Waals surface area contributed by atoms with Gasteiger partial charge in [0.15, 0.2) is 6.10 Å². The van der Waals surface area contributed by atoms with Gasteiger partial charge < -0.3 is 19.9 Å². The Bertz CT molecular complexity index is 549. The second-order valence-corrected chi connectivity index (χ2v) is 3.97. The largest absolute Gasteiger partial charge is 0.464 e. The van der Waals surface area contributed by atoms with Gasteiger partial charge in [0, 0.05) is 11.7 Å². The van der Waals surface area contributed by atoms with E-state index in [1.165, 1.54) is 0 Å². The normalized spacial score (nSPS) is 14.4. The molecule has 2 atom stereocenters. The fourth-order valence-corrected chi connectivity index (χ4v) is 1.79. The lowest BCUT2D eigenvalue weighted by Crippen LogP contribution is -2.29. The Morgan fingerprint density at radius 3 is 2.89 bits per heavy atom. The Kier molecular flexibility index (Phi) is 3.64. The smallest absolute Gasteiger partial charge is 0.338 e. The number of carbonyl (C=O) groups is 1. The van der Waals surface area contributed by atoms with Gasteiger partial charge >= 0.3 is 5.97 Å². The molecule has 2 rings (SSSR count). The van der Waals surface area contributed by atoms with Gasteiger partial charge in [0.1, 0.15) is 6.10 Å². The van der Waals surface area contributed by atoms with E-state index < -0.39 is 18.2 Å². The quantitative estimate of drug-likeness (QED) is 0.709. The predicted molar refractivity (Wildman–Crippen MR) is 65.9 cm³/mol. The van der Waals surface area contributed by atoms with Crippen molar-refractivity contribution in [2.45, 2.75) is 19.1 Å². The summed E-state index contributed by atoms with van der Waals surface area (Å²) in [5.74, 6) is -0.823. The number of ether oxygens (including phenoxy) is 1. The summed E-state index contributed by atoms with van der Waals surface area (Å²) in [4.78, 5) is 14.3. The van der Waals surface area contributed by atoms with Gasteiger partial charge in [0.05, 0.1) is 6.61 Å². The molecule has 0 radical (unpaired) electrons. The fraction of sp³-hybridized carbons (Fsp3) is 0.308. The lowest BCUT2D eigenvalue weighted by atomic mass is 10.0. The Balaban J connectivity index is 2.21. The summed E-state index contributed by atoms with van der Waals surface area (Å²) in [5.41, 5.74) is 1.30. The van der Waals surface area contributed by atoms with Crippen LogP contribution in [0.3, 0.4) is 0 Å². The highest BCUT2D eigenvalue weighted by Crippen LogP contribution is 2.22. The molecule has 2 aromatic rings. The molecule has 0 saturated carbocycles. The van der Waals surface area contributed by atoms with Gasteiger partial charge in [-0.3, -0.25) is 0 Å². The molecule has 5 heteroatoms. The van der Waals surface area contributed by atoms with Crippen LogP contribution in [0.4, 0.5) is 0 Å². The number of aromatic nitrogens is 1. The van der Waals surface area contributed by atoms with E-state index >= 15 is 0 Å². The first kappa shape index (κ1) is 12.6. The molecule has 1 heterocycles. The number of esters is 1. The molecule has 1 aromatic carbocycles. The highest BCUT2D eigenvalue weighted by molar-refractivity contribution is 5.80. The van der Waals surface area contributed by atoms with Crippen molar-refractivity contribution in [3.05, 3.63) is 36.0 Å². The molecule has 0 bridgehead atoms. The topological polar surface area (TPSA) is 82.6 Å². The second-order valence-electron chi connectivity index (χ2n) is 3.97. The molecule has 96 valence electrons. The van der Waals surface area contributed by atoms with Crippen LogP contribution in [0.25, 0.3) is 10.9 Å². The van der Waals surface area contributed by atoms with Crippen molar-refractivity contribution in [2.75, 3.05) is 6.61 Å². The minimum atomic E-state index is -1.57. The summed E-state index contributed by atoms with van der Waals surface area (Å²) in [7, 11) is 0. The van der Waals surface area contributed by atoms with Crippen molar-refractivity contribution in [3.63, 3.8) is 0 Å². The zero-order valence-corrected chi connectivity index (χ0v) is 9.96. The van der Waals surface area contributed by atoms with E-state index in [0.717, 1.165) is 10.9 Å². The number of nitrogens with one attached hydrogen (secondary N) is 1. The van der Waals surface area contributed by atoms with Gasteiger partial charge in [0.2, 0.25) is 0 Å². The molecular weight excluding hydrogens is 234 g/mol. The van der Waals surface area contributed by atoms with E-state index in [-0.39, 0.29) is 6.61 Å². The summed E-state index contributed by atoms with van der Waals surface area (Å²) >= 11 is 0. The molecule has 1 aromatic heterocycles. The van der Waals surface area contributed by atoms with Crippen LogP contribution in [0.2, 0.25) is 0 Å². The molecule has 0 spiro atoms. The highest BCUT2D eigenvalue weighted by atomic mass is 16.5. The Morgan fingerprint density at radius 2 is 2.17 bits per heavy atom.